The summed E-state index contributed by atoms with van der Waals surface area (Å²) in [7, 11) is 0. The number of carbonyl (C=O) groups is 1. The summed E-state index contributed by atoms with van der Waals surface area (Å²) in [5.74, 6) is -0.182. The number of anilines is 1. The second kappa shape index (κ2) is 5.72. The van der Waals surface area contributed by atoms with Gasteiger partial charge in [0.25, 0.3) is 0 Å². The highest BCUT2D eigenvalue weighted by molar-refractivity contribution is 5.94. The Hall–Kier alpha value is -2.17. The third-order valence-electron chi connectivity index (χ3n) is 5.46. The molecule has 1 heterocycles. The van der Waals surface area contributed by atoms with Crippen molar-refractivity contribution in [2.45, 2.75) is 37.5 Å². The number of fused-ring (bicyclic) bond motifs is 3. The number of carbonyl (C=O) groups excluding carboxylic acids is 1. The first-order valence-corrected chi connectivity index (χ1v) is 8.39. The molecular weight excluding hydrogens is 302 g/mol. The van der Waals surface area contributed by atoms with Crippen LogP contribution in [0.4, 0.5) is 5.69 Å². The molecule has 1 saturated carbocycles. The lowest BCUT2D eigenvalue weighted by atomic mass is 9.75. The van der Waals surface area contributed by atoms with Gasteiger partial charge in [-0.3, -0.25) is 4.79 Å². The molecule has 4 nitrogen and oxygen atoms in total. The molecule has 0 spiro atoms. The smallest absolute Gasteiger partial charge is 0.224 e. The minimum atomic E-state index is -0.795. The molecule has 1 amide bonds. The Morgan fingerprint density at radius 3 is 2.42 bits per heavy atom. The summed E-state index contributed by atoms with van der Waals surface area (Å²) in [5, 5.41) is 20.9. The van der Waals surface area contributed by atoms with E-state index in [0.29, 0.717) is 6.42 Å². The van der Waals surface area contributed by atoms with Gasteiger partial charge in [-0.25, -0.2) is 0 Å². The van der Waals surface area contributed by atoms with Crippen LogP contribution in [0.3, 0.4) is 0 Å². The summed E-state index contributed by atoms with van der Waals surface area (Å²) < 4.78 is 0. The van der Waals surface area contributed by atoms with Crippen molar-refractivity contribution >= 4 is 11.6 Å². The van der Waals surface area contributed by atoms with Crippen LogP contribution in [0.5, 0.6) is 0 Å². The van der Waals surface area contributed by atoms with Crippen molar-refractivity contribution in [2.24, 2.45) is 5.92 Å². The Bertz CT molecular complexity index is 760. The van der Waals surface area contributed by atoms with E-state index in [1.807, 2.05) is 59.5 Å². The van der Waals surface area contributed by atoms with Crippen LogP contribution in [0.1, 0.15) is 36.4 Å². The molecule has 2 aromatic rings. The number of rotatable bonds is 1. The Labute approximate surface area is 141 Å². The molecule has 2 N–H and O–H groups in total. The van der Waals surface area contributed by atoms with Crippen LogP contribution in [0.25, 0.3) is 0 Å². The third-order valence-corrected chi connectivity index (χ3v) is 5.46. The maximum atomic E-state index is 12.5. The average molecular weight is 323 g/mol. The van der Waals surface area contributed by atoms with E-state index in [1.165, 1.54) is 0 Å². The maximum absolute atomic E-state index is 12.5. The van der Waals surface area contributed by atoms with E-state index in [2.05, 4.69) is 0 Å². The highest BCUT2D eigenvalue weighted by atomic mass is 16.3. The van der Waals surface area contributed by atoms with Crippen LogP contribution in [0.2, 0.25) is 0 Å². The zero-order valence-electron chi connectivity index (χ0n) is 13.5. The topological polar surface area (TPSA) is 60.8 Å². The SMILES string of the molecule is CC(=O)N1c2ccccc2[C@H]2[C@@H](O)[C@@H](O)C[C@H]2[C@H]1c1ccccc1. The lowest BCUT2D eigenvalue weighted by molar-refractivity contribution is -0.117. The highest BCUT2D eigenvalue weighted by Crippen LogP contribution is 2.55. The van der Waals surface area contributed by atoms with Gasteiger partial charge in [0.05, 0.1) is 18.2 Å². The van der Waals surface area contributed by atoms with E-state index in [4.69, 9.17) is 0 Å². The Balaban J connectivity index is 1.93. The molecule has 1 aliphatic heterocycles. The summed E-state index contributed by atoms with van der Waals surface area (Å²) in [4.78, 5) is 14.3. The fourth-order valence-corrected chi connectivity index (χ4v) is 4.54. The van der Waals surface area contributed by atoms with Gasteiger partial charge >= 0.3 is 0 Å². The van der Waals surface area contributed by atoms with Gasteiger partial charge in [-0.2, -0.15) is 0 Å². The van der Waals surface area contributed by atoms with E-state index in [0.717, 1.165) is 16.8 Å². The molecule has 2 aromatic carbocycles. The van der Waals surface area contributed by atoms with Crippen LogP contribution in [-0.4, -0.2) is 28.3 Å². The number of hydrogen-bond donors (Lipinski definition) is 2. The lowest BCUT2D eigenvalue weighted by Crippen LogP contribution is -2.43. The van der Waals surface area contributed by atoms with Crippen molar-refractivity contribution < 1.29 is 15.0 Å². The minimum absolute atomic E-state index is 0.00352. The Kier molecular flexibility index (Phi) is 3.66. The first-order valence-electron chi connectivity index (χ1n) is 8.39. The molecule has 1 fully saturated rings. The molecule has 1 aliphatic carbocycles. The zero-order chi connectivity index (χ0) is 16.8. The van der Waals surface area contributed by atoms with Crippen molar-refractivity contribution in [3.63, 3.8) is 0 Å². The van der Waals surface area contributed by atoms with E-state index >= 15 is 0 Å². The normalized spacial score (nSPS) is 31.5. The lowest BCUT2D eigenvalue weighted by Gasteiger charge is -2.44. The van der Waals surface area contributed by atoms with Crippen molar-refractivity contribution in [2.75, 3.05) is 4.90 Å². The summed E-state index contributed by atoms with van der Waals surface area (Å²) in [5.41, 5.74) is 2.83. The maximum Gasteiger partial charge on any atom is 0.224 e. The molecule has 0 unspecified atom stereocenters. The van der Waals surface area contributed by atoms with Gasteiger partial charge in [-0.15, -0.1) is 0 Å². The Morgan fingerprint density at radius 1 is 1.04 bits per heavy atom. The van der Waals surface area contributed by atoms with Gasteiger partial charge in [0.2, 0.25) is 5.91 Å². The second-order valence-corrected chi connectivity index (χ2v) is 6.79. The third kappa shape index (κ3) is 2.18. The largest absolute Gasteiger partial charge is 0.390 e. The standard InChI is InChI=1S/C20H21NO3/c1-12(22)21-16-10-6-5-9-14(16)18-15(11-17(23)20(18)24)19(21)13-7-3-2-4-8-13/h2-10,15,17-20,23-24H,11H2,1H3/t15-,17+,18-,19-,20+/m1/s1. The predicted molar refractivity (Wildman–Crippen MR) is 91.6 cm³/mol. The average Bonchev–Trinajstić information content (AvgIpc) is 2.89. The fraction of sp³-hybridized carbons (Fsp3) is 0.350. The van der Waals surface area contributed by atoms with Crippen LogP contribution in [-0.2, 0) is 4.79 Å². The highest BCUT2D eigenvalue weighted by Gasteiger charge is 2.52. The van der Waals surface area contributed by atoms with Gasteiger partial charge in [0.15, 0.2) is 0 Å². The molecule has 2 aliphatic rings. The molecule has 24 heavy (non-hydrogen) atoms. The fourth-order valence-electron chi connectivity index (χ4n) is 4.54. The number of amides is 1. The van der Waals surface area contributed by atoms with Crippen LogP contribution >= 0.6 is 0 Å². The summed E-state index contributed by atoms with van der Waals surface area (Å²) >= 11 is 0. The van der Waals surface area contributed by atoms with Crippen LogP contribution in [0.15, 0.2) is 54.6 Å². The molecule has 4 heteroatoms. The number of aliphatic hydroxyl groups is 2. The molecule has 124 valence electrons. The van der Waals surface area contributed by atoms with E-state index < -0.39 is 12.2 Å². The van der Waals surface area contributed by atoms with Crippen molar-refractivity contribution in [3.8, 4) is 0 Å². The summed E-state index contributed by atoms with van der Waals surface area (Å²) in [6, 6.07) is 17.5. The van der Waals surface area contributed by atoms with Gasteiger partial charge in [0.1, 0.15) is 0 Å². The molecular formula is C20H21NO3. The van der Waals surface area contributed by atoms with Crippen molar-refractivity contribution in [1.82, 2.24) is 0 Å². The van der Waals surface area contributed by atoms with Crippen molar-refractivity contribution in [3.05, 3.63) is 65.7 Å². The van der Waals surface area contributed by atoms with Gasteiger partial charge in [-0.1, -0.05) is 48.5 Å². The zero-order valence-corrected chi connectivity index (χ0v) is 13.5. The van der Waals surface area contributed by atoms with Crippen molar-refractivity contribution in [1.29, 1.82) is 0 Å². The number of nitrogens with zero attached hydrogens (tertiary/aromatic N) is 1. The Morgan fingerprint density at radius 2 is 1.71 bits per heavy atom. The number of aliphatic hydroxyl groups excluding tert-OH is 2. The first kappa shape index (κ1) is 15.4. The molecule has 4 rings (SSSR count). The predicted octanol–water partition coefficient (Wildman–Crippen LogP) is 2.62. The quantitative estimate of drug-likeness (QED) is 0.848. The van der Waals surface area contributed by atoms with Crippen LogP contribution in [0, 0.1) is 5.92 Å². The second-order valence-electron chi connectivity index (χ2n) is 6.79. The monoisotopic (exact) mass is 323 g/mol. The number of para-hydroxylation sites is 1. The molecule has 5 atom stereocenters. The minimum Gasteiger partial charge on any atom is -0.390 e. The summed E-state index contributed by atoms with van der Waals surface area (Å²) in [6.45, 7) is 1.58. The molecule has 0 bridgehead atoms. The van der Waals surface area contributed by atoms with E-state index in [1.54, 1.807) is 6.92 Å². The first-order chi connectivity index (χ1) is 11.6. The molecule has 0 aromatic heterocycles. The number of benzene rings is 2. The van der Waals surface area contributed by atoms with E-state index in [9.17, 15) is 15.0 Å². The molecule has 0 saturated heterocycles. The summed E-state index contributed by atoms with van der Waals surface area (Å²) in [6.07, 6.45) is -1.06. The van der Waals surface area contributed by atoms with Gasteiger partial charge in [0, 0.05) is 18.5 Å². The van der Waals surface area contributed by atoms with E-state index in [-0.39, 0.29) is 23.8 Å². The van der Waals surface area contributed by atoms with Crippen LogP contribution < -0.4 is 4.90 Å². The van der Waals surface area contributed by atoms with Gasteiger partial charge in [-0.05, 0) is 29.5 Å². The number of hydrogen-bond acceptors (Lipinski definition) is 3. The molecule has 0 radical (unpaired) electrons. The van der Waals surface area contributed by atoms with Gasteiger partial charge < -0.3 is 15.1 Å².